The van der Waals surface area contributed by atoms with E-state index in [2.05, 4.69) is 4.98 Å². The molecule has 3 heterocycles. The number of nitrogens with two attached hydrogens (primary N) is 1. The van der Waals surface area contributed by atoms with Gasteiger partial charge in [0.15, 0.2) is 0 Å². The Kier molecular flexibility index (Phi) is 4.01. The van der Waals surface area contributed by atoms with Crippen LogP contribution in [0.4, 0.5) is 4.39 Å². The number of carbonyl (C=O) groups excluding carboxylic acids is 1. The van der Waals surface area contributed by atoms with Crippen LogP contribution in [0.15, 0.2) is 35.3 Å². The summed E-state index contributed by atoms with van der Waals surface area (Å²) >= 11 is 0. The first-order valence-electron chi connectivity index (χ1n) is 9.71. The first kappa shape index (κ1) is 17.7. The van der Waals surface area contributed by atoms with Crippen LogP contribution in [0.25, 0.3) is 32.6 Å². The number of carbonyl (C=O) groups is 1. The molecule has 2 aromatic carbocycles. The molecule has 2 aromatic heterocycles. The van der Waals surface area contributed by atoms with Gasteiger partial charge in [-0.05, 0) is 37.1 Å². The maximum absolute atomic E-state index is 14.0. The number of nitrogens with one attached hydrogen (secondary N) is 1. The van der Waals surface area contributed by atoms with Gasteiger partial charge in [-0.25, -0.2) is 14.1 Å². The molecule has 4 aromatic rings. The zero-order valence-electron chi connectivity index (χ0n) is 15.7. The summed E-state index contributed by atoms with van der Waals surface area (Å²) < 4.78 is 14.9. The number of aromatic nitrogens is 3. The highest BCUT2D eigenvalue weighted by atomic mass is 19.1. The number of nitrogen functional groups attached to an aromatic ring is 1. The van der Waals surface area contributed by atoms with E-state index in [1.165, 1.54) is 18.3 Å². The monoisotopic (exact) mass is 393 g/mol. The van der Waals surface area contributed by atoms with Gasteiger partial charge in [0.25, 0.3) is 5.56 Å². The summed E-state index contributed by atoms with van der Waals surface area (Å²) in [5, 5.41) is 2.24. The minimum absolute atomic E-state index is 0.215. The number of aromatic amines is 1. The second-order valence-corrected chi connectivity index (χ2v) is 7.50. The lowest BCUT2D eigenvalue weighted by Gasteiger charge is -2.14. The molecule has 29 heavy (non-hydrogen) atoms. The van der Waals surface area contributed by atoms with E-state index >= 15 is 0 Å². The Labute approximate surface area is 164 Å². The number of imidazole rings is 1. The molecule has 1 fully saturated rings. The third-order valence-corrected chi connectivity index (χ3v) is 5.66. The van der Waals surface area contributed by atoms with Crippen LogP contribution in [-0.4, -0.2) is 38.5 Å². The first-order chi connectivity index (χ1) is 14.0. The standard InChI is InChI=1S/C21H20FN5O2/c22-12-5-6-13-15(11-12)18-14(7-10-27(23)21(18)29)20-19(13)24-16(25-20)3-1-8-26-9-2-4-17(26)28/h5-7,10-11H,1-4,8-9,23H2,(H,24,25). The van der Waals surface area contributed by atoms with Crippen molar-refractivity contribution < 1.29 is 9.18 Å². The zero-order valence-corrected chi connectivity index (χ0v) is 15.7. The minimum atomic E-state index is -0.417. The summed E-state index contributed by atoms with van der Waals surface area (Å²) in [5.74, 6) is 6.33. The molecule has 1 aliphatic heterocycles. The number of aryl methyl sites for hydroxylation is 1. The number of amides is 1. The lowest BCUT2D eigenvalue weighted by atomic mass is 10.0. The molecule has 148 valence electrons. The second kappa shape index (κ2) is 6.58. The molecule has 0 spiro atoms. The molecule has 1 aliphatic rings. The van der Waals surface area contributed by atoms with E-state index in [-0.39, 0.29) is 5.91 Å². The number of pyridine rings is 1. The third kappa shape index (κ3) is 2.83. The maximum atomic E-state index is 14.0. The van der Waals surface area contributed by atoms with E-state index in [0.717, 1.165) is 40.8 Å². The Balaban J connectivity index is 1.62. The van der Waals surface area contributed by atoms with Crippen molar-refractivity contribution in [3.8, 4) is 0 Å². The van der Waals surface area contributed by atoms with Crippen molar-refractivity contribution in [1.29, 1.82) is 0 Å². The van der Waals surface area contributed by atoms with Gasteiger partial charge in [0.1, 0.15) is 11.6 Å². The summed E-state index contributed by atoms with van der Waals surface area (Å²) in [6.07, 6.45) is 4.53. The summed E-state index contributed by atoms with van der Waals surface area (Å²) in [7, 11) is 0. The predicted molar refractivity (Wildman–Crippen MR) is 110 cm³/mol. The number of nitrogens with zero attached hydrogens (tertiary/aromatic N) is 3. The van der Waals surface area contributed by atoms with Crippen LogP contribution in [-0.2, 0) is 11.2 Å². The molecule has 0 aliphatic carbocycles. The van der Waals surface area contributed by atoms with Crippen LogP contribution < -0.4 is 11.4 Å². The van der Waals surface area contributed by atoms with Crippen LogP contribution >= 0.6 is 0 Å². The van der Waals surface area contributed by atoms with Crippen LogP contribution in [0.2, 0.25) is 0 Å². The molecule has 5 rings (SSSR count). The van der Waals surface area contributed by atoms with Gasteiger partial charge >= 0.3 is 0 Å². The van der Waals surface area contributed by atoms with E-state index in [0.29, 0.717) is 41.1 Å². The van der Waals surface area contributed by atoms with Crippen molar-refractivity contribution >= 4 is 38.5 Å². The molecule has 8 heteroatoms. The summed E-state index contributed by atoms with van der Waals surface area (Å²) in [6, 6.07) is 6.12. The third-order valence-electron chi connectivity index (χ3n) is 5.66. The van der Waals surface area contributed by atoms with Gasteiger partial charge in [-0.2, -0.15) is 0 Å². The number of halogens is 1. The highest BCUT2D eigenvalue weighted by molar-refractivity contribution is 6.22. The van der Waals surface area contributed by atoms with E-state index in [1.807, 2.05) is 4.90 Å². The number of fused-ring (bicyclic) bond motifs is 6. The Morgan fingerprint density at radius 1 is 1.17 bits per heavy atom. The maximum Gasteiger partial charge on any atom is 0.277 e. The molecule has 1 amide bonds. The quantitative estimate of drug-likeness (QED) is 0.411. The molecular formula is C21H20FN5O2. The van der Waals surface area contributed by atoms with Gasteiger partial charge in [-0.1, -0.05) is 0 Å². The molecule has 3 N–H and O–H groups in total. The Morgan fingerprint density at radius 3 is 2.83 bits per heavy atom. The lowest BCUT2D eigenvalue weighted by molar-refractivity contribution is -0.127. The van der Waals surface area contributed by atoms with Crippen molar-refractivity contribution in [1.82, 2.24) is 19.5 Å². The van der Waals surface area contributed by atoms with E-state index in [1.54, 1.807) is 12.1 Å². The molecule has 0 unspecified atom stereocenters. The highest BCUT2D eigenvalue weighted by Gasteiger charge is 2.20. The Bertz CT molecular complexity index is 1340. The molecular weight excluding hydrogens is 373 g/mol. The van der Waals surface area contributed by atoms with Gasteiger partial charge in [-0.15, -0.1) is 0 Å². The van der Waals surface area contributed by atoms with Gasteiger partial charge in [0, 0.05) is 48.3 Å². The number of benzene rings is 2. The minimum Gasteiger partial charge on any atom is -0.343 e. The Hall–Kier alpha value is -3.42. The smallest absolute Gasteiger partial charge is 0.277 e. The van der Waals surface area contributed by atoms with Gasteiger partial charge in [0.2, 0.25) is 5.91 Å². The van der Waals surface area contributed by atoms with Gasteiger partial charge < -0.3 is 15.7 Å². The first-order valence-corrected chi connectivity index (χ1v) is 9.71. The summed E-state index contributed by atoms with van der Waals surface area (Å²) in [4.78, 5) is 34.4. The fraction of sp³-hybridized carbons (Fsp3) is 0.286. The fourth-order valence-electron chi connectivity index (χ4n) is 4.26. The van der Waals surface area contributed by atoms with E-state index < -0.39 is 11.4 Å². The lowest BCUT2D eigenvalue weighted by Crippen LogP contribution is -2.26. The second-order valence-electron chi connectivity index (χ2n) is 7.50. The molecule has 7 nitrogen and oxygen atoms in total. The van der Waals surface area contributed by atoms with Crippen molar-refractivity contribution in [2.45, 2.75) is 25.7 Å². The number of hydrogen-bond donors (Lipinski definition) is 2. The Morgan fingerprint density at radius 2 is 2.03 bits per heavy atom. The average molecular weight is 393 g/mol. The van der Waals surface area contributed by atoms with E-state index in [4.69, 9.17) is 10.8 Å². The van der Waals surface area contributed by atoms with Crippen LogP contribution in [0.1, 0.15) is 25.1 Å². The van der Waals surface area contributed by atoms with Crippen LogP contribution in [0.5, 0.6) is 0 Å². The molecule has 0 bridgehead atoms. The largest absolute Gasteiger partial charge is 0.343 e. The zero-order chi connectivity index (χ0) is 20.1. The SMILES string of the molecule is Nn1ccc2c3nc(CCCN4CCCC4=O)[nH]c3c3ccc(F)cc3c2c1=O. The average Bonchev–Trinajstić information content (AvgIpc) is 3.31. The van der Waals surface area contributed by atoms with Crippen molar-refractivity contribution in [3.05, 3.63) is 52.5 Å². The van der Waals surface area contributed by atoms with Crippen molar-refractivity contribution in [2.24, 2.45) is 0 Å². The number of likely N-dealkylation sites (tertiary alicyclic amines) is 1. The number of rotatable bonds is 4. The van der Waals surface area contributed by atoms with Gasteiger partial charge in [-0.3, -0.25) is 9.59 Å². The van der Waals surface area contributed by atoms with Crippen molar-refractivity contribution in [2.75, 3.05) is 18.9 Å². The molecule has 0 atom stereocenters. The van der Waals surface area contributed by atoms with Gasteiger partial charge in [0.05, 0.1) is 16.4 Å². The van der Waals surface area contributed by atoms with Crippen LogP contribution in [0, 0.1) is 5.82 Å². The predicted octanol–water partition coefficient (Wildman–Crippen LogP) is 2.44. The number of hydrogen-bond acceptors (Lipinski definition) is 4. The summed E-state index contributed by atoms with van der Waals surface area (Å²) in [6.45, 7) is 1.53. The van der Waals surface area contributed by atoms with Crippen LogP contribution in [0.3, 0.4) is 0 Å². The van der Waals surface area contributed by atoms with E-state index in [9.17, 15) is 14.0 Å². The molecule has 0 radical (unpaired) electrons. The molecule has 1 saturated heterocycles. The summed E-state index contributed by atoms with van der Waals surface area (Å²) in [5.41, 5.74) is 1.05. The molecule has 0 saturated carbocycles. The number of H-pyrrole nitrogens is 1. The van der Waals surface area contributed by atoms with Crippen molar-refractivity contribution in [3.63, 3.8) is 0 Å². The highest BCUT2D eigenvalue weighted by Crippen LogP contribution is 2.32. The normalized spacial score (nSPS) is 14.7. The topological polar surface area (TPSA) is 97.0 Å². The fourth-order valence-corrected chi connectivity index (χ4v) is 4.26.